The summed E-state index contributed by atoms with van der Waals surface area (Å²) in [5.74, 6) is -1.02. The maximum absolute atomic E-state index is 11.6. The molecule has 1 aromatic rings. The minimum atomic E-state index is -1.02. The monoisotopic (exact) mass is 279 g/mol. The lowest BCUT2D eigenvalue weighted by molar-refractivity contribution is -0.140. The van der Waals surface area contributed by atoms with E-state index in [-0.39, 0.29) is 11.7 Å². The third kappa shape index (κ3) is 3.73. The zero-order chi connectivity index (χ0) is 13.8. The highest BCUT2D eigenvalue weighted by Crippen LogP contribution is 2.27. The maximum Gasteiger partial charge on any atom is 0.325 e. The number of carbonyl (C=O) groups excluding carboxylic acids is 1. The van der Waals surface area contributed by atoms with Gasteiger partial charge in [0.1, 0.15) is 6.04 Å². The van der Waals surface area contributed by atoms with Crippen LogP contribution < -0.4 is 5.32 Å². The van der Waals surface area contributed by atoms with Gasteiger partial charge >= 0.3 is 5.97 Å². The number of carbonyl (C=O) groups is 2. The van der Waals surface area contributed by atoms with Crippen LogP contribution in [0.3, 0.4) is 0 Å². The standard InChI is InChI=1S/C14H17NO3S/c1-9(14(17)18)15-13(16)8-19-12-6-5-10-3-2-4-11(10)7-12/h5-7,9H,2-4,8H2,1H3,(H,15,16)(H,17,18). The number of carboxylic acids is 1. The van der Waals surface area contributed by atoms with Crippen molar-refractivity contribution in [3.8, 4) is 0 Å². The second kappa shape index (κ2) is 6.10. The highest BCUT2D eigenvalue weighted by atomic mass is 32.2. The van der Waals surface area contributed by atoms with E-state index >= 15 is 0 Å². The molecule has 1 unspecified atom stereocenters. The van der Waals surface area contributed by atoms with E-state index in [9.17, 15) is 9.59 Å². The number of nitrogens with one attached hydrogen (secondary N) is 1. The van der Waals surface area contributed by atoms with Crippen LogP contribution in [0.25, 0.3) is 0 Å². The van der Waals surface area contributed by atoms with Crippen molar-refractivity contribution in [1.29, 1.82) is 0 Å². The van der Waals surface area contributed by atoms with Gasteiger partial charge in [0.15, 0.2) is 0 Å². The first-order valence-corrected chi connectivity index (χ1v) is 7.31. The summed E-state index contributed by atoms with van der Waals surface area (Å²) < 4.78 is 0. The summed E-state index contributed by atoms with van der Waals surface area (Å²) in [5.41, 5.74) is 2.79. The molecule has 102 valence electrons. The van der Waals surface area contributed by atoms with Gasteiger partial charge in [0.25, 0.3) is 0 Å². The molecule has 2 rings (SSSR count). The molecule has 1 amide bonds. The molecule has 19 heavy (non-hydrogen) atoms. The van der Waals surface area contributed by atoms with Gasteiger partial charge in [-0.05, 0) is 49.4 Å². The third-order valence-electron chi connectivity index (χ3n) is 3.19. The topological polar surface area (TPSA) is 66.4 Å². The second-order valence-electron chi connectivity index (χ2n) is 4.70. The van der Waals surface area contributed by atoms with Crippen LogP contribution in [0.4, 0.5) is 0 Å². The molecule has 4 nitrogen and oxygen atoms in total. The average Bonchev–Trinajstić information content (AvgIpc) is 2.83. The number of hydrogen-bond donors (Lipinski definition) is 2. The lowest BCUT2D eigenvalue weighted by Crippen LogP contribution is -2.39. The van der Waals surface area contributed by atoms with Crippen LogP contribution in [0.5, 0.6) is 0 Å². The van der Waals surface area contributed by atoms with Gasteiger partial charge in [-0.1, -0.05) is 6.07 Å². The normalized spacial score (nSPS) is 14.8. The summed E-state index contributed by atoms with van der Waals surface area (Å²) >= 11 is 1.44. The Morgan fingerprint density at radius 2 is 2.11 bits per heavy atom. The molecule has 0 saturated heterocycles. The van der Waals surface area contributed by atoms with Gasteiger partial charge in [0.05, 0.1) is 5.75 Å². The van der Waals surface area contributed by atoms with Crippen molar-refractivity contribution in [2.24, 2.45) is 0 Å². The first-order chi connectivity index (χ1) is 9.06. The first kappa shape index (κ1) is 13.9. The number of hydrogen-bond acceptors (Lipinski definition) is 3. The number of amides is 1. The number of aliphatic carboxylic acids is 1. The van der Waals surface area contributed by atoms with E-state index in [2.05, 4.69) is 17.4 Å². The van der Waals surface area contributed by atoms with Crippen molar-refractivity contribution < 1.29 is 14.7 Å². The van der Waals surface area contributed by atoms with Crippen molar-refractivity contribution >= 4 is 23.6 Å². The van der Waals surface area contributed by atoms with Crippen LogP contribution in [0.1, 0.15) is 24.5 Å². The molecule has 1 aliphatic carbocycles. The zero-order valence-electron chi connectivity index (χ0n) is 10.8. The van der Waals surface area contributed by atoms with Crippen molar-refractivity contribution in [2.75, 3.05) is 5.75 Å². The summed E-state index contributed by atoms with van der Waals surface area (Å²) in [6.07, 6.45) is 3.48. The van der Waals surface area contributed by atoms with Gasteiger partial charge in [-0.3, -0.25) is 9.59 Å². The van der Waals surface area contributed by atoms with Crippen LogP contribution >= 0.6 is 11.8 Å². The van der Waals surface area contributed by atoms with Gasteiger partial charge in [0.2, 0.25) is 5.91 Å². The highest BCUT2D eigenvalue weighted by Gasteiger charge is 2.15. The molecule has 0 radical (unpaired) electrons. The quantitative estimate of drug-likeness (QED) is 0.807. The van der Waals surface area contributed by atoms with Gasteiger partial charge in [-0.25, -0.2) is 0 Å². The summed E-state index contributed by atoms with van der Waals surface area (Å²) in [5, 5.41) is 11.1. The molecule has 5 heteroatoms. The largest absolute Gasteiger partial charge is 0.480 e. The van der Waals surface area contributed by atoms with Gasteiger partial charge in [0, 0.05) is 4.90 Å². The molecular weight excluding hydrogens is 262 g/mol. The Morgan fingerprint density at radius 3 is 2.84 bits per heavy atom. The molecule has 1 aromatic carbocycles. The number of benzene rings is 1. The van der Waals surface area contributed by atoms with E-state index in [0.717, 1.165) is 17.7 Å². The van der Waals surface area contributed by atoms with E-state index in [1.165, 1.54) is 36.2 Å². The number of rotatable bonds is 5. The first-order valence-electron chi connectivity index (χ1n) is 6.33. The molecule has 0 aliphatic heterocycles. The molecule has 2 N–H and O–H groups in total. The lowest BCUT2D eigenvalue weighted by atomic mass is 10.1. The van der Waals surface area contributed by atoms with Crippen LogP contribution in [0.15, 0.2) is 23.1 Å². The number of aryl methyl sites for hydroxylation is 2. The Kier molecular flexibility index (Phi) is 4.47. The predicted octanol–water partition coefficient (Wildman–Crippen LogP) is 1.86. The third-order valence-corrected chi connectivity index (χ3v) is 4.18. The average molecular weight is 279 g/mol. The molecule has 0 heterocycles. The molecule has 0 aromatic heterocycles. The van der Waals surface area contributed by atoms with E-state index < -0.39 is 12.0 Å². The summed E-state index contributed by atoms with van der Waals surface area (Å²) in [6, 6.07) is 5.46. The van der Waals surface area contributed by atoms with Crippen LogP contribution in [0, 0.1) is 0 Å². The fourth-order valence-electron chi connectivity index (χ4n) is 2.13. The number of fused-ring (bicyclic) bond motifs is 1. The predicted molar refractivity (Wildman–Crippen MR) is 74.4 cm³/mol. The Bertz CT molecular complexity index is 501. The Morgan fingerprint density at radius 1 is 1.37 bits per heavy atom. The van der Waals surface area contributed by atoms with Crippen LogP contribution in [-0.2, 0) is 22.4 Å². The highest BCUT2D eigenvalue weighted by molar-refractivity contribution is 8.00. The van der Waals surface area contributed by atoms with E-state index in [1.54, 1.807) is 0 Å². The molecular formula is C14H17NO3S. The fraction of sp³-hybridized carbons (Fsp3) is 0.429. The van der Waals surface area contributed by atoms with Gasteiger partial charge in [-0.15, -0.1) is 11.8 Å². The van der Waals surface area contributed by atoms with Gasteiger partial charge in [-0.2, -0.15) is 0 Å². The smallest absolute Gasteiger partial charge is 0.325 e. The van der Waals surface area contributed by atoms with Crippen LogP contribution in [0.2, 0.25) is 0 Å². The van der Waals surface area contributed by atoms with Crippen molar-refractivity contribution in [3.63, 3.8) is 0 Å². The van der Waals surface area contributed by atoms with Crippen molar-refractivity contribution in [1.82, 2.24) is 5.32 Å². The summed E-state index contributed by atoms with van der Waals surface area (Å²) in [4.78, 5) is 23.3. The minimum absolute atomic E-state index is 0.246. The maximum atomic E-state index is 11.6. The minimum Gasteiger partial charge on any atom is -0.480 e. The van der Waals surface area contributed by atoms with E-state index in [0.29, 0.717) is 0 Å². The number of thioether (sulfide) groups is 1. The molecule has 0 fully saturated rings. The van der Waals surface area contributed by atoms with Crippen molar-refractivity contribution in [2.45, 2.75) is 37.1 Å². The SMILES string of the molecule is CC(NC(=O)CSc1ccc2c(c1)CCC2)C(=O)O. The van der Waals surface area contributed by atoms with Crippen molar-refractivity contribution in [3.05, 3.63) is 29.3 Å². The zero-order valence-corrected chi connectivity index (χ0v) is 11.6. The molecule has 0 spiro atoms. The molecule has 0 bridgehead atoms. The van der Waals surface area contributed by atoms with E-state index in [1.807, 2.05) is 6.07 Å². The molecule has 1 aliphatic rings. The Hall–Kier alpha value is -1.49. The second-order valence-corrected chi connectivity index (χ2v) is 5.75. The molecule has 1 atom stereocenters. The Labute approximate surface area is 116 Å². The summed E-state index contributed by atoms with van der Waals surface area (Å²) in [7, 11) is 0. The van der Waals surface area contributed by atoms with Crippen LogP contribution in [-0.4, -0.2) is 28.8 Å². The Balaban J connectivity index is 1.85. The lowest BCUT2D eigenvalue weighted by Gasteiger charge is -2.09. The number of carboxylic acid groups (broad SMARTS) is 1. The molecule has 0 saturated carbocycles. The van der Waals surface area contributed by atoms with Gasteiger partial charge < -0.3 is 10.4 Å². The fourth-order valence-corrected chi connectivity index (χ4v) is 2.90. The van der Waals surface area contributed by atoms with E-state index in [4.69, 9.17) is 5.11 Å². The summed E-state index contributed by atoms with van der Waals surface area (Å²) in [6.45, 7) is 1.46.